The second-order valence-electron chi connectivity index (χ2n) is 7.04. The third kappa shape index (κ3) is 4.56. The third-order valence-electron chi connectivity index (χ3n) is 4.92. The van der Waals surface area contributed by atoms with Crippen LogP contribution in [0.3, 0.4) is 0 Å². The summed E-state index contributed by atoms with van der Waals surface area (Å²) >= 11 is 2.70. The molecule has 2 aromatic rings. The van der Waals surface area contributed by atoms with Gasteiger partial charge in [-0.2, -0.15) is 0 Å². The van der Waals surface area contributed by atoms with Gasteiger partial charge in [-0.25, -0.2) is 4.79 Å². The first-order chi connectivity index (χ1) is 14.5. The smallest absolute Gasteiger partial charge is 0.336 e. The Bertz CT molecular complexity index is 970. The van der Waals surface area contributed by atoms with Crippen molar-refractivity contribution in [1.82, 2.24) is 20.7 Å². The zero-order valence-electron chi connectivity index (χ0n) is 16.7. The second-order valence-corrected chi connectivity index (χ2v) is 9.22. The largest absolute Gasteiger partial charge is 0.463 e. The molecular weight excluding hydrogens is 428 g/mol. The van der Waals surface area contributed by atoms with Crippen LogP contribution in [-0.2, 0) is 14.3 Å². The first kappa shape index (κ1) is 21.0. The molecule has 0 radical (unpaired) electrons. The number of carbonyl (C=O) groups excluding carboxylic acids is 2. The normalized spacial score (nSPS) is 20.9. The van der Waals surface area contributed by atoms with Crippen LogP contribution in [0.25, 0.3) is 11.6 Å². The number of rotatable bonds is 7. The summed E-state index contributed by atoms with van der Waals surface area (Å²) in [6.45, 7) is 3.86. The Kier molecular flexibility index (Phi) is 6.47. The van der Waals surface area contributed by atoms with E-state index in [1.165, 1.54) is 0 Å². The third-order valence-corrected chi connectivity index (χ3v) is 7.16. The van der Waals surface area contributed by atoms with Gasteiger partial charge in [-0.05, 0) is 26.7 Å². The van der Waals surface area contributed by atoms with Gasteiger partial charge in [0.1, 0.15) is 5.76 Å². The van der Waals surface area contributed by atoms with Crippen molar-refractivity contribution < 1.29 is 23.3 Å². The number of hydrogen-bond acceptors (Lipinski definition) is 10. The number of nitrogens with one attached hydrogen (secondary N) is 1. The number of thioether (sulfide) groups is 2. The molecule has 2 aromatic heterocycles. The molecule has 2 atom stereocenters. The molecule has 0 aromatic carbocycles. The maximum atomic E-state index is 12.5. The molecule has 160 valence electrons. The van der Waals surface area contributed by atoms with E-state index in [4.69, 9.17) is 13.7 Å². The SMILES string of the molecule is CCOC(=O)C1=C(NC(=O)CSc2nnc(-c3cc(C)on3)o2)S[C@H]2CCCC[C@H]12. The minimum atomic E-state index is -0.327. The molecule has 1 saturated carbocycles. The van der Waals surface area contributed by atoms with Crippen LogP contribution in [0.1, 0.15) is 38.4 Å². The van der Waals surface area contributed by atoms with Crippen LogP contribution in [0.5, 0.6) is 0 Å². The van der Waals surface area contributed by atoms with E-state index >= 15 is 0 Å². The van der Waals surface area contributed by atoms with Gasteiger partial charge in [0.15, 0.2) is 5.69 Å². The summed E-state index contributed by atoms with van der Waals surface area (Å²) in [5, 5.41) is 15.8. The number of carbonyl (C=O) groups is 2. The monoisotopic (exact) mass is 450 g/mol. The minimum absolute atomic E-state index is 0.0783. The number of fused-ring (bicyclic) bond motifs is 1. The lowest BCUT2D eigenvalue weighted by atomic mass is 9.84. The predicted molar refractivity (Wildman–Crippen MR) is 110 cm³/mol. The number of hydrogen-bond donors (Lipinski definition) is 1. The Morgan fingerprint density at radius 2 is 2.17 bits per heavy atom. The van der Waals surface area contributed by atoms with Gasteiger partial charge in [-0.3, -0.25) is 4.79 Å². The Morgan fingerprint density at radius 3 is 2.93 bits per heavy atom. The van der Waals surface area contributed by atoms with Crippen molar-refractivity contribution in [2.24, 2.45) is 5.92 Å². The average molecular weight is 451 g/mol. The van der Waals surface area contributed by atoms with Crippen LogP contribution in [-0.4, -0.2) is 44.8 Å². The molecule has 1 aliphatic heterocycles. The topological polar surface area (TPSA) is 120 Å². The van der Waals surface area contributed by atoms with Gasteiger partial charge >= 0.3 is 5.97 Å². The minimum Gasteiger partial charge on any atom is -0.463 e. The van der Waals surface area contributed by atoms with E-state index < -0.39 is 0 Å². The van der Waals surface area contributed by atoms with Crippen molar-refractivity contribution in [3.63, 3.8) is 0 Å². The number of aromatic nitrogens is 3. The molecule has 3 heterocycles. The summed E-state index contributed by atoms with van der Waals surface area (Å²) in [7, 11) is 0. The Labute approximate surface area is 181 Å². The molecule has 1 aliphatic carbocycles. The Balaban J connectivity index is 1.39. The van der Waals surface area contributed by atoms with E-state index in [1.807, 2.05) is 0 Å². The van der Waals surface area contributed by atoms with Gasteiger partial charge < -0.3 is 19.0 Å². The quantitative estimate of drug-likeness (QED) is 0.497. The standard InChI is InChI=1S/C19H22N4O5S2/c1-3-26-18(25)15-11-6-4-5-7-13(11)30-17(15)20-14(24)9-29-19-22-21-16(27-19)12-8-10(2)28-23-12/h8,11,13H,3-7,9H2,1-2H3,(H,20,24)/t11-,13-/m0/s1. The second kappa shape index (κ2) is 9.25. The van der Waals surface area contributed by atoms with Gasteiger partial charge in [0, 0.05) is 17.2 Å². The number of aryl methyl sites for hydroxylation is 1. The van der Waals surface area contributed by atoms with Crippen LogP contribution >= 0.6 is 23.5 Å². The van der Waals surface area contributed by atoms with Crippen LogP contribution in [0.15, 0.2) is 30.8 Å². The lowest BCUT2D eigenvalue weighted by Crippen LogP contribution is -2.26. The van der Waals surface area contributed by atoms with Gasteiger partial charge in [0.05, 0.1) is 23.0 Å². The highest BCUT2D eigenvalue weighted by Crippen LogP contribution is 2.48. The highest BCUT2D eigenvalue weighted by Gasteiger charge is 2.41. The molecule has 0 spiro atoms. The molecule has 1 fully saturated rings. The lowest BCUT2D eigenvalue weighted by molar-refractivity contribution is -0.139. The first-order valence-electron chi connectivity index (χ1n) is 9.83. The van der Waals surface area contributed by atoms with Gasteiger partial charge in [-0.1, -0.05) is 29.8 Å². The van der Waals surface area contributed by atoms with E-state index in [0.29, 0.717) is 33.9 Å². The molecule has 4 rings (SSSR count). The molecule has 1 N–H and O–H groups in total. The molecule has 2 aliphatic rings. The molecule has 0 unspecified atom stereocenters. The number of ether oxygens (including phenoxy) is 1. The average Bonchev–Trinajstić information content (AvgIpc) is 3.44. The fourth-order valence-electron chi connectivity index (χ4n) is 3.63. The van der Waals surface area contributed by atoms with Crippen molar-refractivity contribution in [2.75, 3.05) is 12.4 Å². The summed E-state index contributed by atoms with van der Waals surface area (Å²) in [5.74, 6) is 0.533. The van der Waals surface area contributed by atoms with Crippen molar-refractivity contribution in [1.29, 1.82) is 0 Å². The van der Waals surface area contributed by atoms with Crippen molar-refractivity contribution in [2.45, 2.75) is 50.0 Å². The molecule has 9 nitrogen and oxygen atoms in total. The summed E-state index contributed by atoms with van der Waals surface area (Å²) in [6.07, 6.45) is 4.23. The summed E-state index contributed by atoms with van der Waals surface area (Å²) < 4.78 is 15.8. The van der Waals surface area contributed by atoms with Crippen molar-refractivity contribution in [3.8, 4) is 11.6 Å². The van der Waals surface area contributed by atoms with Gasteiger partial charge in [0.25, 0.3) is 11.1 Å². The van der Waals surface area contributed by atoms with E-state index in [1.54, 1.807) is 31.7 Å². The van der Waals surface area contributed by atoms with Crippen molar-refractivity contribution >= 4 is 35.4 Å². The highest BCUT2D eigenvalue weighted by atomic mass is 32.2. The number of esters is 1. The summed E-state index contributed by atoms with van der Waals surface area (Å²) in [5.41, 5.74) is 1.07. The molecule has 30 heavy (non-hydrogen) atoms. The van der Waals surface area contributed by atoms with E-state index in [0.717, 1.165) is 37.4 Å². The van der Waals surface area contributed by atoms with Crippen LogP contribution in [0, 0.1) is 12.8 Å². The van der Waals surface area contributed by atoms with Gasteiger partial charge in [0.2, 0.25) is 5.91 Å². The van der Waals surface area contributed by atoms with Crippen LogP contribution in [0.2, 0.25) is 0 Å². The lowest BCUT2D eigenvalue weighted by Gasteiger charge is -2.25. The maximum Gasteiger partial charge on any atom is 0.336 e. The van der Waals surface area contributed by atoms with E-state index in [2.05, 4.69) is 20.7 Å². The van der Waals surface area contributed by atoms with Gasteiger partial charge in [-0.15, -0.1) is 22.0 Å². The fourth-order valence-corrected chi connectivity index (χ4v) is 5.75. The summed E-state index contributed by atoms with van der Waals surface area (Å²) in [4.78, 5) is 25.0. The van der Waals surface area contributed by atoms with E-state index in [9.17, 15) is 9.59 Å². The zero-order chi connectivity index (χ0) is 21.1. The summed E-state index contributed by atoms with van der Waals surface area (Å²) in [6, 6.07) is 1.69. The van der Waals surface area contributed by atoms with E-state index in [-0.39, 0.29) is 34.7 Å². The molecule has 0 bridgehead atoms. The van der Waals surface area contributed by atoms with Crippen molar-refractivity contribution in [3.05, 3.63) is 22.4 Å². The fraction of sp³-hybridized carbons (Fsp3) is 0.526. The first-order valence-corrected chi connectivity index (χ1v) is 11.7. The number of nitrogens with zero attached hydrogens (tertiary/aromatic N) is 3. The maximum absolute atomic E-state index is 12.5. The molecule has 11 heteroatoms. The highest BCUT2D eigenvalue weighted by molar-refractivity contribution is 8.04. The molecule has 1 amide bonds. The number of amides is 1. The predicted octanol–water partition coefficient (Wildman–Crippen LogP) is 3.32. The Morgan fingerprint density at radius 1 is 1.33 bits per heavy atom. The molecular formula is C19H22N4O5S2. The molecule has 0 saturated heterocycles. The van der Waals surface area contributed by atoms with Crippen LogP contribution < -0.4 is 5.32 Å². The zero-order valence-corrected chi connectivity index (χ0v) is 18.3. The Hall–Kier alpha value is -2.27. The van der Waals surface area contributed by atoms with Crippen LogP contribution in [0.4, 0.5) is 0 Å².